The van der Waals surface area contributed by atoms with Crippen LogP contribution >= 0.6 is 46.4 Å². The van der Waals surface area contributed by atoms with Crippen molar-refractivity contribution >= 4 is 95.0 Å². The molecule has 0 bridgehead atoms. The standard InChI is InChI=1S/2C26H20Cl2/c27-25-17-13-21(14-18-25)7-1-3-9-23-11-5-6-12-24(23)10-4-2-8-22-15-19-26(28)20-16-22;27-25-16-12-21(13-17-25)6-1-3-8-23-10-5-11-24(20-23)9-4-2-7-22-14-18-26(28)19-15-22/h2*1-20H/b7-1+,8-2+,9-3+,10-4+;6-1+,7-2+,8-3+,9-4+. The van der Waals surface area contributed by atoms with E-state index in [1.54, 1.807) is 0 Å². The molecule has 0 aliphatic rings. The van der Waals surface area contributed by atoms with Gasteiger partial charge in [0, 0.05) is 20.1 Å². The predicted molar refractivity (Wildman–Crippen MR) is 251 cm³/mol. The summed E-state index contributed by atoms with van der Waals surface area (Å²) in [5.41, 5.74) is 9.13. The summed E-state index contributed by atoms with van der Waals surface area (Å²) in [6.07, 6.45) is 32.9. The van der Waals surface area contributed by atoms with E-state index in [0.717, 1.165) is 53.5 Å². The van der Waals surface area contributed by atoms with Crippen molar-refractivity contribution in [1.82, 2.24) is 0 Å². The van der Waals surface area contributed by atoms with Crippen LogP contribution in [0.15, 0.2) is 194 Å². The van der Waals surface area contributed by atoms with Crippen LogP contribution in [-0.4, -0.2) is 0 Å². The van der Waals surface area contributed by atoms with E-state index in [9.17, 15) is 0 Å². The summed E-state index contributed by atoms with van der Waals surface area (Å²) in [6, 6.07) is 47.8. The Balaban J connectivity index is 0.000000214. The van der Waals surface area contributed by atoms with Crippen molar-refractivity contribution in [3.05, 3.63) is 259 Å². The molecule has 6 aromatic rings. The zero-order valence-electron chi connectivity index (χ0n) is 30.6. The third kappa shape index (κ3) is 15.6. The molecule has 0 radical (unpaired) electrons. The molecule has 0 atom stereocenters. The molecule has 0 heterocycles. The topological polar surface area (TPSA) is 0 Å². The number of rotatable bonds is 12. The molecule has 276 valence electrons. The molecule has 4 heteroatoms. The minimum atomic E-state index is 0.749. The molecule has 6 rings (SSSR count). The largest absolute Gasteiger partial charge is 0.0843 e. The minimum Gasteiger partial charge on any atom is -0.0843 e. The highest BCUT2D eigenvalue weighted by Crippen LogP contribution is 2.17. The fourth-order valence-electron chi connectivity index (χ4n) is 5.19. The molecular formula is C52H40Cl4. The summed E-state index contributed by atoms with van der Waals surface area (Å²) in [4.78, 5) is 0. The van der Waals surface area contributed by atoms with Gasteiger partial charge in [0.05, 0.1) is 0 Å². The molecule has 0 aliphatic carbocycles. The lowest BCUT2D eigenvalue weighted by Gasteiger charge is -1.99. The van der Waals surface area contributed by atoms with E-state index in [2.05, 4.69) is 85.0 Å². The fraction of sp³-hybridized carbons (Fsp3) is 0. The van der Waals surface area contributed by atoms with Crippen LogP contribution in [0.25, 0.3) is 48.6 Å². The maximum atomic E-state index is 5.91. The molecule has 0 unspecified atom stereocenters. The van der Waals surface area contributed by atoms with Crippen LogP contribution in [0.5, 0.6) is 0 Å². The second-order valence-electron chi connectivity index (χ2n) is 12.4. The highest BCUT2D eigenvalue weighted by atomic mass is 35.5. The van der Waals surface area contributed by atoms with Crippen molar-refractivity contribution in [3.8, 4) is 0 Å². The van der Waals surface area contributed by atoms with Gasteiger partial charge >= 0.3 is 0 Å². The van der Waals surface area contributed by atoms with Crippen LogP contribution in [0.4, 0.5) is 0 Å². The van der Waals surface area contributed by atoms with Crippen LogP contribution in [0.1, 0.15) is 44.5 Å². The van der Waals surface area contributed by atoms with Crippen molar-refractivity contribution in [3.63, 3.8) is 0 Å². The summed E-state index contributed by atoms with van der Waals surface area (Å²) in [6.45, 7) is 0. The Hall–Kier alpha value is -5.60. The van der Waals surface area contributed by atoms with Gasteiger partial charge in [0.25, 0.3) is 0 Å². The lowest BCUT2D eigenvalue weighted by Crippen LogP contribution is -1.78. The number of hydrogen-bond acceptors (Lipinski definition) is 0. The smallest absolute Gasteiger partial charge is 0.0406 e. The van der Waals surface area contributed by atoms with Crippen molar-refractivity contribution in [2.45, 2.75) is 0 Å². The SMILES string of the molecule is Clc1ccc(/C=C/C=C/c2cccc(/C=C/C=C/c3ccc(Cl)cc3)c2)cc1.Clc1ccc(/C=C/C=C/c2ccccc2/C=C/C=C/c2ccc(Cl)cc2)cc1. The van der Waals surface area contributed by atoms with Gasteiger partial charge in [-0.05, 0) is 99.1 Å². The zero-order valence-corrected chi connectivity index (χ0v) is 33.6. The van der Waals surface area contributed by atoms with Crippen LogP contribution in [0.2, 0.25) is 20.1 Å². The Bertz CT molecular complexity index is 2190. The lowest BCUT2D eigenvalue weighted by molar-refractivity contribution is 1.61. The third-order valence-corrected chi connectivity index (χ3v) is 9.12. The van der Waals surface area contributed by atoms with Gasteiger partial charge in [0.1, 0.15) is 0 Å². The molecule has 0 N–H and O–H groups in total. The fourth-order valence-corrected chi connectivity index (χ4v) is 5.70. The van der Waals surface area contributed by atoms with Crippen molar-refractivity contribution in [1.29, 1.82) is 0 Å². The third-order valence-electron chi connectivity index (χ3n) is 8.11. The first-order chi connectivity index (χ1) is 27.4. The van der Waals surface area contributed by atoms with E-state index in [1.807, 2.05) is 158 Å². The quantitative estimate of drug-likeness (QED) is 0.108. The van der Waals surface area contributed by atoms with E-state index in [-0.39, 0.29) is 0 Å². The van der Waals surface area contributed by atoms with Crippen LogP contribution in [0, 0.1) is 0 Å². The molecule has 0 amide bonds. The predicted octanol–water partition coefficient (Wildman–Crippen LogP) is 16.9. The van der Waals surface area contributed by atoms with Gasteiger partial charge < -0.3 is 0 Å². The highest BCUT2D eigenvalue weighted by molar-refractivity contribution is 6.31. The molecule has 6 aromatic carbocycles. The lowest BCUT2D eigenvalue weighted by atomic mass is 10.1. The van der Waals surface area contributed by atoms with Gasteiger partial charge in [-0.3, -0.25) is 0 Å². The highest BCUT2D eigenvalue weighted by Gasteiger charge is 1.94. The zero-order chi connectivity index (χ0) is 39.2. The van der Waals surface area contributed by atoms with Crippen LogP contribution in [-0.2, 0) is 0 Å². The van der Waals surface area contributed by atoms with E-state index in [1.165, 1.54) is 11.1 Å². The molecular weight excluding hydrogens is 766 g/mol. The first-order valence-electron chi connectivity index (χ1n) is 18.0. The number of benzene rings is 6. The van der Waals surface area contributed by atoms with Crippen LogP contribution in [0.3, 0.4) is 0 Å². The van der Waals surface area contributed by atoms with Gasteiger partial charge in [-0.1, -0.05) is 235 Å². The summed E-state index contributed by atoms with van der Waals surface area (Å²) in [7, 11) is 0. The molecule has 0 aliphatic heterocycles. The van der Waals surface area contributed by atoms with E-state index in [4.69, 9.17) is 46.4 Å². The Morgan fingerprint density at radius 2 is 0.482 bits per heavy atom. The van der Waals surface area contributed by atoms with Gasteiger partial charge in [0.15, 0.2) is 0 Å². The van der Waals surface area contributed by atoms with Gasteiger partial charge in [-0.2, -0.15) is 0 Å². The Morgan fingerprint density at radius 1 is 0.232 bits per heavy atom. The Labute approximate surface area is 351 Å². The monoisotopic (exact) mass is 804 g/mol. The molecule has 0 saturated heterocycles. The van der Waals surface area contributed by atoms with E-state index >= 15 is 0 Å². The molecule has 0 saturated carbocycles. The summed E-state index contributed by atoms with van der Waals surface area (Å²) < 4.78 is 0. The maximum Gasteiger partial charge on any atom is 0.0406 e. The molecule has 0 spiro atoms. The second kappa shape index (κ2) is 23.3. The molecule has 0 aromatic heterocycles. The molecule has 0 nitrogen and oxygen atoms in total. The number of allylic oxidation sites excluding steroid dienone is 8. The summed E-state index contributed by atoms with van der Waals surface area (Å²) in [5.74, 6) is 0. The molecule has 56 heavy (non-hydrogen) atoms. The van der Waals surface area contributed by atoms with Gasteiger partial charge in [-0.15, -0.1) is 0 Å². The van der Waals surface area contributed by atoms with E-state index in [0.29, 0.717) is 0 Å². The summed E-state index contributed by atoms with van der Waals surface area (Å²) in [5, 5.41) is 3.00. The van der Waals surface area contributed by atoms with Crippen molar-refractivity contribution in [2.75, 3.05) is 0 Å². The average molecular weight is 807 g/mol. The summed E-state index contributed by atoms with van der Waals surface area (Å²) >= 11 is 23.6. The minimum absolute atomic E-state index is 0.749. The first kappa shape index (κ1) is 41.6. The maximum absolute atomic E-state index is 5.91. The Kier molecular flexibility index (Phi) is 17.3. The number of hydrogen-bond donors (Lipinski definition) is 0. The van der Waals surface area contributed by atoms with Gasteiger partial charge in [-0.25, -0.2) is 0 Å². The van der Waals surface area contributed by atoms with Crippen molar-refractivity contribution < 1.29 is 0 Å². The Morgan fingerprint density at radius 3 is 0.768 bits per heavy atom. The van der Waals surface area contributed by atoms with Crippen LogP contribution < -0.4 is 0 Å². The van der Waals surface area contributed by atoms with E-state index < -0.39 is 0 Å². The normalized spacial score (nSPS) is 12.1. The molecule has 0 fully saturated rings. The first-order valence-corrected chi connectivity index (χ1v) is 19.5. The second-order valence-corrected chi connectivity index (χ2v) is 14.1. The van der Waals surface area contributed by atoms with Gasteiger partial charge in [0.2, 0.25) is 0 Å². The van der Waals surface area contributed by atoms with Crippen molar-refractivity contribution in [2.24, 2.45) is 0 Å². The average Bonchev–Trinajstić information content (AvgIpc) is 3.22. The number of halogens is 4.